The Bertz CT molecular complexity index is 440. The molecule has 7 heteroatoms. The number of hydrogen-bond donors (Lipinski definition) is 1. The maximum Gasteiger partial charge on any atom is 0.192 e. The molecular weight excluding hydrogens is 364 g/mol. The summed E-state index contributed by atoms with van der Waals surface area (Å²) in [5, 5.41) is 11.0. The maximum absolute atomic E-state index is 10.9. The first-order valence-electron chi connectivity index (χ1n) is 9.66. The number of aliphatic hydroxyl groups excluding tert-OH is 1. The largest absolute Gasteiger partial charge is 0.408 e. The van der Waals surface area contributed by atoms with Crippen molar-refractivity contribution in [3.63, 3.8) is 0 Å². The highest BCUT2D eigenvalue weighted by Crippen LogP contribution is 2.43. The van der Waals surface area contributed by atoms with Crippen LogP contribution in [0.4, 0.5) is 0 Å². The molecule has 156 valence electrons. The predicted octanol–water partition coefficient (Wildman–Crippen LogP) is 4.52. The van der Waals surface area contributed by atoms with Crippen LogP contribution >= 0.6 is 0 Å². The van der Waals surface area contributed by atoms with Gasteiger partial charge in [0.2, 0.25) is 0 Å². The second-order valence-electron chi connectivity index (χ2n) is 10.6. The lowest BCUT2D eigenvalue weighted by molar-refractivity contribution is -0.279. The normalized spacial score (nSPS) is 32.0. The zero-order valence-corrected chi connectivity index (χ0v) is 21.0. The fourth-order valence-electron chi connectivity index (χ4n) is 2.47. The molecule has 1 aliphatic heterocycles. The van der Waals surface area contributed by atoms with Crippen molar-refractivity contribution >= 4 is 16.6 Å². The average Bonchev–Trinajstić information content (AvgIpc) is 2.43. The molecule has 2 unspecified atom stereocenters. The van der Waals surface area contributed by atoms with Gasteiger partial charge in [-0.25, -0.2) is 0 Å². The summed E-state index contributed by atoms with van der Waals surface area (Å²) < 4.78 is 24.8. The number of aliphatic hydroxyl groups is 1. The Balaban J connectivity index is 3.25. The molecule has 1 fully saturated rings. The van der Waals surface area contributed by atoms with Crippen molar-refractivity contribution in [3.8, 4) is 0 Å². The van der Waals surface area contributed by atoms with Gasteiger partial charge in [0.15, 0.2) is 22.9 Å². The molecule has 0 bridgehead atoms. The zero-order chi connectivity index (χ0) is 20.7. The first kappa shape index (κ1) is 24.3. The van der Waals surface area contributed by atoms with E-state index in [-0.39, 0.29) is 16.2 Å². The Morgan fingerprint density at radius 3 is 1.54 bits per heavy atom. The van der Waals surface area contributed by atoms with E-state index in [1.54, 1.807) is 7.11 Å². The smallest absolute Gasteiger partial charge is 0.192 e. The molecule has 1 N–H and O–H groups in total. The van der Waals surface area contributed by atoms with Crippen LogP contribution < -0.4 is 0 Å². The molecule has 5 atom stereocenters. The fraction of sp³-hybridized carbons (Fsp3) is 1.00. The summed E-state index contributed by atoms with van der Waals surface area (Å²) in [4.78, 5) is 0. The molecule has 0 amide bonds. The lowest BCUT2D eigenvalue weighted by Gasteiger charge is -2.51. The quantitative estimate of drug-likeness (QED) is 0.680. The number of hydrogen-bond acceptors (Lipinski definition) is 5. The van der Waals surface area contributed by atoms with E-state index >= 15 is 0 Å². The molecule has 0 spiro atoms. The summed E-state index contributed by atoms with van der Waals surface area (Å²) in [5.74, 6) is 0. The SMILES string of the molecule is CO[C@H]1OC(C)[C@@H](O)[C@H](O[Si](C)(C)C(C)(C)C)C1O[Si](C)(C)C(C)(C)C. The minimum atomic E-state index is -2.10. The molecule has 0 aromatic heterocycles. The molecule has 0 aromatic carbocycles. The van der Waals surface area contributed by atoms with Crippen LogP contribution in [0.25, 0.3) is 0 Å². The second kappa shape index (κ2) is 7.93. The van der Waals surface area contributed by atoms with Gasteiger partial charge in [0.1, 0.15) is 18.3 Å². The highest BCUT2D eigenvalue weighted by atomic mass is 28.4. The van der Waals surface area contributed by atoms with Crippen LogP contribution in [0.3, 0.4) is 0 Å². The fourth-order valence-corrected chi connectivity index (χ4v) is 5.06. The second-order valence-corrected chi connectivity index (χ2v) is 20.1. The van der Waals surface area contributed by atoms with Gasteiger partial charge < -0.3 is 23.4 Å². The van der Waals surface area contributed by atoms with Gasteiger partial charge in [-0.05, 0) is 43.2 Å². The minimum absolute atomic E-state index is 0.0400. The van der Waals surface area contributed by atoms with Crippen molar-refractivity contribution in [2.75, 3.05) is 7.11 Å². The van der Waals surface area contributed by atoms with Crippen LogP contribution in [0.1, 0.15) is 48.5 Å². The molecule has 26 heavy (non-hydrogen) atoms. The monoisotopic (exact) mass is 406 g/mol. The highest BCUT2D eigenvalue weighted by Gasteiger charge is 2.52. The summed E-state index contributed by atoms with van der Waals surface area (Å²) in [6.07, 6.45) is -2.56. The van der Waals surface area contributed by atoms with Gasteiger partial charge in [-0.15, -0.1) is 0 Å². The predicted molar refractivity (Wildman–Crippen MR) is 111 cm³/mol. The van der Waals surface area contributed by atoms with E-state index in [1.807, 2.05) is 6.92 Å². The van der Waals surface area contributed by atoms with E-state index in [4.69, 9.17) is 18.3 Å². The van der Waals surface area contributed by atoms with Crippen LogP contribution in [0, 0.1) is 0 Å². The Morgan fingerprint density at radius 2 is 1.19 bits per heavy atom. The Hall–Kier alpha value is 0.234. The van der Waals surface area contributed by atoms with Gasteiger partial charge in [-0.2, -0.15) is 0 Å². The summed E-state index contributed by atoms with van der Waals surface area (Å²) in [6.45, 7) is 23.9. The van der Waals surface area contributed by atoms with E-state index in [0.29, 0.717) is 0 Å². The van der Waals surface area contributed by atoms with Crippen molar-refractivity contribution in [3.05, 3.63) is 0 Å². The van der Waals surface area contributed by atoms with Crippen LogP contribution in [0.2, 0.25) is 36.3 Å². The molecule has 5 nitrogen and oxygen atoms in total. The number of ether oxygens (including phenoxy) is 2. The summed E-state index contributed by atoms with van der Waals surface area (Å²) in [6, 6.07) is 0. The summed E-state index contributed by atoms with van der Waals surface area (Å²) in [5.41, 5.74) is 0. The van der Waals surface area contributed by atoms with Crippen molar-refractivity contribution in [1.82, 2.24) is 0 Å². The van der Waals surface area contributed by atoms with E-state index in [9.17, 15) is 5.11 Å². The van der Waals surface area contributed by atoms with Gasteiger partial charge in [-0.1, -0.05) is 41.5 Å². The third-order valence-electron chi connectivity index (χ3n) is 6.46. The molecule has 1 rings (SSSR count). The molecule has 1 heterocycles. The lowest BCUT2D eigenvalue weighted by Crippen LogP contribution is -2.64. The molecule has 0 aromatic rings. The van der Waals surface area contributed by atoms with Crippen LogP contribution in [-0.4, -0.2) is 59.6 Å². The van der Waals surface area contributed by atoms with Crippen LogP contribution in [0.15, 0.2) is 0 Å². The minimum Gasteiger partial charge on any atom is -0.408 e. The molecule has 1 saturated heterocycles. The Labute approximate surface area is 163 Å². The number of rotatable bonds is 5. The molecular formula is C19H42O5Si2. The summed E-state index contributed by atoms with van der Waals surface area (Å²) in [7, 11) is -2.58. The lowest BCUT2D eigenvalue weighted by atomic mass is 10.0. The van der Waals surface area contributed by atoms with Crippen molar-refractivity contribution in [1.29, 1.82) is 0 Å². The Morgan fingerprint density at radius 1 is 0.808 bits per heavy atom. The standard InChI is InChI=1S/C19H42O5Si2/c1-13-14(20)15(23-25(9,10)18(2,3)4)16(17(21-8)22-13)24-26(11,12)19(5,6)7/h13-17,20H,1-12H3/t13?,14-,15+,16?,17+/m1/s1. The average molecular weight is 407 g/mol. The maximum atomic E-state index is 10.9. The van der Waals surface area contributed by atoms with Gasteiger partial charge in [0, 0.05) is 7.11 Å². The van der Waals surface area contributed by atoms with Crippen molar-refractivity contribution in [2.24, 2.45) is 0 Å². The third kappa shape index (κ3) is 5.18. The molecule has 0 radical (unpaired) electrons. The van der Waals surface area contributed by atoms with Gasteiger partial charge >= 0.3 is 0 Å². The van der Waals surface area contributed by atoms with Gasteiger partial charge in [0.25, 0.3) is 0 Å². The van der Waals surface area contributed by atoms with Gasteiger partial charge in [0.05, 0.1) is 6.10 Å². The van der Waals surface area contributed by atoms with E-state index < -0.39 is 41.2 Å². The van der Waals surface area contributed by atoms with Crippen molar-refractivity contribution < 1.29 is 23.4 Å². The van der Waals surface area contributed by atoms with E-state index in [0.717, 1.165) is 0 Å². The van der Waals surface area contributed by atoms with E-state index in [1.165, 1.54) is 0 Å². The molecule has 0 saturated carbocycles. The zero-order valence-electron chi connectivity index (χ0n) is 19.0. The van der Waals surface area contributed by atoms with Crippen molar-refractivity contribution in [2.45, 2.75) is 115 Å². The number of methoxy groups -OCH3 is 1. The highest BCUT2D eigenvalue weighted by molar-refractivity contribution is 6.74. The molecule has 0 aliphatic carbocycles. The molecule has 1 aliphatic rings. The third-order valence-corrected chi connectivity index (χ3v) is 15.4. The Kier molecular flexibility index (Phi) is 7.40. The van der Waals surface area contributed by atoms with Crippen LogP contribution in [-0.2, 0) is 18.3 Å². The first-order chi connectivity index (χ1) is 11.4. The summed E-state index contributed by atoms with van der Waals surface area (Å²) >= 11 is 0. The first-order valence-corrected chi connectivity index (χ1v) is 15.5. The van der Waals surface area contributed by atoms with Gasteiger partial charge in [-0.3, -0.25) is 0 Å². The van der Waals surface area contributed by atoms with Crippen LogP contribution in [0.5, 0.6) is 0 Å². The van der Waals surface area contributed by atoms with E-state index in [2.05, 4.69) is 67.7 Å². The topological polar surface area (TPSA) is 57.2 Å².